The van der Waals surface area contributed by atoms with Crippen LogP contribution in [0.25, 0.3) is 0 Å². The van der Waals surface area contributed by atoms with E-state index in [1.54, 1.807) is 24.3 Å². The first-order chi connectivity index (χ1) is 12.0. The number of ketones is 1. The molecule has 1 aliphatic rings. The molecule has 136 valence electrons. The number of rotatable bonds is 3. The van der Waals surface area contributed by atoms with Crippen molar-refractivity contribution in [3.05, 3.63) is 63.7 Å². The van der Waals surface area contributed by atoms with Gasteiger partial charge in [-0.2, -0.15) is 0 Å². The molecule has 0 bridgehead atoms. The van der Waals surface area contributed by atoms with Gasteiger partial charge in [0, 0.05) is 16.1 Å². The minimum Gasteiger partial charge on any atom is -0.375 e. The summed E-state index contributed by atoms with van der Waals surface area (Å²) in [7, 11) is 0. The number of carbonyl (C=O) groups is 2. The zero-order valence-electron chi connectivity index (χ0n) is 15.3. The normalized spacial score (nSPS) is 19.2. The van der Waals surface area contributed by atoms with Crippen molar-refractivity contribution in [2.45, 2.75) is 45.1 Å². The zero-order chi connectivity index (χ0) is 19.3. The van der Waals surface area contributed by atoms with Crippen LogP contribution in [0, 0.1) is 6.92 Å². The molecule has 0 aliphatic carbocycles. The van der Waals surface area contributed by atoms with Crippen molar-refractivity contribution in [2.75, 3.05) is 5.32 Å². The van der Waals surface area contributed by atoms with Crippen LogP contribution in [0.1, 0.15) is 54.2 Å². The molecule has 2 aromatic rings. The van der Waals surface area contributed by atoms with Crippen LogP contribution in [-0.4, -0.2) is 16.8 Å². The predicted octanol–water partition coefficient (Wildman–Crippen LogP) is 4.36. The first kappa shape index (κ1) is 18.6. The number of halogens is 1. The van der Waals surface area contributed by atoms with Crippen LogP contribution in [0.2, 0.25) is 5.02 Å². The molecule has 0 saturated heterocycles. The highest BCUT2D eigenvalue weighted by molar-refractivity contribution is 6.33. The van der Waals surface area contributed by atoms with Gasteiger partial charge < -0.3 is 10.4 Å². The maximum atomic E-state index is 12.7. The summed E-state index contributed by atoms with van der Waals surface area (Å²) in [6.07, 6.45) is -0.357. The molecule has 0 spiro atoms. The van der Waals surface area contributed by atoms with E-state index in [-0.39, 0.29) is 28.2 Å². The Bertz CT molecular complexity index is 897. The molecule has 0 radical (unpaired) electrons. The molecular formula is C21H22ClNO3. The van der Waals surface area contributed by atoms with Gasteiger partial charge in [-0.25, -0.2) is 0 Å². The maximum Gasteiger partial charge on any atom is 0.261 e. The summed E-state index contributed by atoms with van der Waals surface area (Å²) in [5, 5.41) is 13.9. The summed E-state index contributed by atoms with van der Waals surface area (Å²) in [5.74, 6) is -0.933. The van der Waals surface area contributed by atoms with Crippen LogP contribution < -0.4 is 5.32 Å². The molecule has 0 aromatic heterocycles. The van der Waals surface area contributed by atoms with Crippen molar-refractivity contribution in [2.24, 2.45) is 0 Å². The predicted molar refractivity (Wildman–Crippen MR) is 103 cm³/mol. The Morgan fingerprint density at radius 3 is 2.35 bits per heavy atom. The van der Waals surface area contributed by atoms with Crippen LogP contribution in [0.5, 0.6) is 0 Å². The summed E-state index contributed by atoms with van der Waals surface area (Å²) in [4.78, 5) is 25.2. The lowest BCUT2D eigenvalue weighted by Crippen LogP contribution is -2.36. The summed E-state index contributed by atoms with van der Waals surface area (Å²) in [6.45, 7) is 8.10. The lowest BCUT2D eigenvalue weighted by Gasteiger charge is -2.22. The van der Waals surface area contributed by atoms with Crippen LogP contribution in [-0.2, 0) is 15.8 Å². The second kappa shape index (κ2) is 6.22. The van der Waals surface area contributed by atoms with Gasteiger partial charge in [0.15, 0.2) is 11.4 Å². The fraction of sp³-hybridized carbons (Fsp3) is 0.333. The fourth-order valence-electron chi connectivity index (χ4n) is 3.24. The Labute approximate surface area is 158 Å². The largest absolute Gasteiger partial charge is 0.375 e. The second-order valence-corrected chi connectivity index (χ2v) is 8.26. The monoisotopic (exact) mass is 371 g/mol. The number of anilines is 1. The number of Topliss-reactive ketones (excluding diaryl/α,β-unsaturated/α-hetero) is 1. The Morgan fingerprint density at radius 1 is 1.15 bits per heavy atom. The fourth-order valence-corrected chi connectivity index (χ4v) is 3.55. The Balaban J connectivity index is 1.93. The van der Waals surface area contributed by atoms with E-state index in [0.29, 0.717) is 11.3 Å². The summed E-state index contributed by atoms with van der Waals surface area (Å²) >= 11 is 6.23. The van der Waals surface area contributed by atoms with E-state index in [0.717, 1.165) is 11.1 Å². The van der Waals surface area contributed by atoms with Gasteiger partial charge in [-0.05, 0) is 29.5 Å². The number of hydrogen-bond acceptors (Lipinski definition) is 3. The standard InChI is InChI=1S/C21H22ClNO3/c1-12-5-10-15(22)17-18(12)23-19(25)21(17,26)11-16(24)13-6-8-14(9-7-13)20(2,3)4/h5-10,26H,11H2,1-4H3,(H,23,25). The topological polar surface area (TPSA) is 66.4 Å². The highest BCUT2D eigenvalue weighted by Gasteiger charge is 2.48. The molecule has 1 unspecified atom stereocenters. The van der Waals surface area contributed by atoms with E-state index < -0.39 is 11.5 Å². The minimum absolute atomic E-state index is 0.0187. The van der Waals surface area contributed by atoms with Gasteiger partial charge in [-0.3, -0.25) is 9.59 Å². The summed E-state index contributed by atoms with van der Waals surface area (Å²) in [5.41, 5.74) is 1.14. The molecule has 0 fully saturated rings. The van der Waals surface area contributed by atoms with Crippen molar-refractivity contribution in [3.63, 3.8) is 0 Å². The second-order valence-electron chi connectivity index (χ2n) is 7.86. The highest BCUT2D eigenvalue weighted by Crippen LogP contribution is 2.44. The van der Waals surface area contributed by atoms with Crippen molar-refractivity contribution >= 4 is 29.0 Å². The number of aliphatic hydroxyl groups is 1. The first-order valence-electron chi connectivity index (χ1n) is 8.51. The average Bonchev–Trinajstić information content (AvgIpc) is 2.83. The molecule has 4 nitrogen and oxygen atoms in total. The minimum atomic E-state index is -1.96. The van der Waals surface area contributed by atoms with Gasteiger partial charge in [-0.15, -0.1) is 0 Å². The molecule has 5 heteroatoms. The van der Waals surface area contributed by atoms with E-state index in [4.69, 9.17) is 11.6 Å². The van der Waals surface area contributed by atoms with Crippen LogP contribution >= 0.6 is 11.6 Å². The smallest absolute Gasteiger partial charge is 0.261 e. The highest BCUT2D eigenvalue weighted by atomic mass is 35.5. The number of aryl methyl sites for hydroxylation is 1. The van der Waals surface area contributed by atoms with E-state index >= 15 is 0 Å². The van der Waals surface area contributed by atoms with E-state index in [1.807, 2.05) is 19.1 Å². The Hall–Kier alpha value is -2.17. The maximum absolute atomic E-state index is 12.7. The number of fused-ring (bicyclic) bond motifs is 1. The third-order valence-corrected chi connectivity index (χ3v) is 5.19. The zero-order valence-corrected chi connectivity index (χ0v) is 16.1. The Kier molecular flexibility index (Phi) is 4.45. The van der Waals surface area contributed by atoms with Crippen molar-refractivity contribution in [3.8, 4) is 0 Å². The quantitative estimate of drug-likeness (QED) is 0.788. The van der Waals surface area contributed by atoms with Gasteiger partial charge >= 0.3 is 0 Å². The average molecular weight is 372 g/mol. The number of nitrogens with one attached hydrogen (secondary N) is 1. The van der Waals surface area contributed by atoms with Gasteiger partial charge in [0.05, 0.1) is 12.1 Å². The lowest BCUT2D eigenvalue weighted by molar-refractivity contribution is -0.133. The number of carbonyl (C=O) groups excluding carboxylic acids is 2. The molecular weight excluding hydrogens is 350 g/mol. The number of hydrogen-bond donors (Lipinski definition) is 2. The van der Waals surface area contributed by atoms with E-state index in [2.05, 4.69) is 26.1 Å². The molecule has 2 aromatic carbocycles. The summed E-state index contributed by atoms with van der Waals surface area (Å²) < 4.78 is 0. The van der Waals surface area contributed by atoms with Crippen molar-refractivity contribution in [1.29, 1.82) is 0 Å². The number of benzene rings is 2. The molecule has 1 heterocycles. The lowest BCUT2D eigenvalue weighted by atomic mass is 9.84. The molecule has 0 saturated carbocycles. The molecule has 26 heavy (non-hydrogen) atoms. The van der Waals surface area contributed by atoms with E-state index in [1.165, 1.54) is 0 Å². The molecule has 2 N–H and O–H groups in total. The molecule has 1 aliphatic heterocycles. The van der Waals surface area contributed by atoms with Crippen LogP contribution in [0.4, 0.5) is 5.69 Å². The van der Waals surface area contributed by atoms with Crippen molar-refractivity contribution in [1.82, 2.24) is 0 Å². The summed E-state index contributed by atoms with van der Waals surface area (Å²) in [6, 6.07) is 10.7. The first-order valence-corrected chi connectivity index (χ1v) is 8.89. The molecule has 1 amide bonds. The van der Waals surface area contributed by atoms with E-state index in [9.17, 15) is 14.7 Å². The van der Waals surface area contributed by atoms with Gasteiger partial charge in [-0.1, -0.05) is 62.7 Å². The molecule has 1 atom stereocenters. The third-order valence-electron chi connectivity index (χ3n) is 4.88. The van der Waals surface area contributed by atoms with Crippen LogP contribution in [0.15, 0.2) is 36.4 Å². The van der Waals surface area contributed by atoms with Gasteiger partial charge in [0.25, 0.3) is 5.91 Å². The van der Waals surface area contributed by atoms with Gasteiger partial charge in [0.2, 0.25) is 0 Å². The number of amides is 1. The SMILES string of the molecule is Cc1ccc(Cl)c2c1NC(=O)C2(O)CC(=O)c1ccc(C(C)(C)C)cc1. The van der Waals surface area contributed by atoms with Crippen LogP contribution in [0.3, 0.4) is 0 Å². The molecule has 3 rings (SSSR count). The third kappa shape index (κ3) is 3.04. The van der Waals surface area contributed by atoms with Gasteiger partial charge in [0.1, 0.15) is 0 Å². The Morgan fingerprint density at radius 2 is 1.77 bits per heavy atom. The van der Waals surface area contributed by atoms with Crippen molar-refractivity contribution < 1.29 is 14.7 Å².